The van der Waals surface area contributed by atoms with E-state index in [0.29, 0.717) is 47.3 Å². The molecule has 0 fully saturated rings. The van der Waals surface area contributed by atoms with Crippen molar-refractivity contribution >= 4 is 11.9 Å². The van der Waals surface area contributed by atoms with E-state index in [9.17, 15) is 9.59 Å². The molecule has 0 aliphatic carbocycles. The summed E-state index contributed by atoms with van der Waals surface area (Å²) >= 11 is 0. The van der Waals surface area contributed by atoms with Gasteiger partial charge in [0.2, 0.25) is 6.79 Å². The average molecular weight is 398 g/mol. The molecule has 0 saturated heterocycles. The highest BCUT2D eigenvalue weighted by Crippen LogP contribution is 2.38. The fourth-order valence-corrected chi connectivity index (χ4v) is 2.73. The van der Waals surface area contributed by atoms with Crippen molar-refractivity contribution in [2.24, 2.45) is 0 Å². The Bertz CT molecular complexity index is 965. The molecule has 2 aromatic rings. The molecule has 8 nitrogen and oxygen atoms in total. The Kier molecular flexibility index (Phi) is 5.24. The number of esters is 2. The predicted molar refractivity (Wildman–Crippen MR) is 99.4 cm³/mol. The third kappa shape index (κ3) is 4.43. The minimum atomic E-state index is -0.795. The van der Waals surface area contributed by atoms with Crippen LogP contribution in [-0.2, 0) is 9.59 Å². The number of rotatable bonds is 6. The van der Waals surface area contributed by atoms with Gasteiger partial charge < -0.3 is 28.4 Å². The molecule has 0 unspecified atom stereocenters. The normalized spacial score (nSPS) is 16.1. The van der Waals surface area contributed by atoms with Gasteiger partial charge in [-0.2, -0.15) is 0 Å². The average Bonchev–Trinajstić information content (AvgIpc) is 3.32. The first-order valence-corrected chi connectivity index (χ1v) is 9.08. The van der Waals surface area contributed by atoms with Crippen LogP contribution in [0.5, 0.6) is 34.5 Å². The van der Waals surface area contributed by atoms with Gasteiger partial charge in [-0.05, 0) is 30.7 Å². The second-order valence-electron chi connectivity index (χ2n) is 6.23. The number of carbonyl (C=O) groups is 2. The smallest absolute Gasteiger partial charge is 0.336 e. The molecule has 29 heavy (non-hydrogen) atoms. The van der Waals surface area contributed by atoms with Gasteiger partial charge in [0.05, 0.1) is 0 Å². The maximum absolute atomic E-state index is 12.0. The number of hydrogen-bond acceptors (Lipinski definition) is 8. The van der Waals surface area contributed by atoms with E-state index in [2.05, 4.69) is 0 Å². The summed E-state index contributed by atoms with van der Waals surface area (Å²) in [4.78, 5) is 23.6. The molecular weight excluding hydrogens is 380 g/mol. The first kappa shape index (κ1) is 18.7. The molecule has 2 aliphatic rings. The first-order valence-electron chi connectivity index (χ1n) is 9.08. The Morgan fingerprint density at radius 1 is 0.966 bits per heavy atom. The van der Waals surface area contributed by atoms with Gasteiger partial charge in [-0.25, -0.2) is 4.79 Å². The zero-order valence-corrected chi connectivity index (χ0v) is 15.6. The lowest BCUT2D eigenvalue weighted by atomic mass is 10.3. The molecule has 0 spiro atoms. The molecule has 0 saturated carbocycles. The summed E-state index contributed by atoms with van der Waals surface area (Å²) in [6.45, 7) is 2.04. The van der Waals surface area contributed by atoms with Crippen molar-refractivity contribution < 1.29 is 38.0 Å². The lowest BCUT2D eigenvalue weighted by Gasteiger charge is -2.05. The molecular formula is C21H18O8. The Morgan fingerprint density at radius 3 is 2.48 bits per heavy atom. The van der Waals surface area contributed by atoms with E-state index < -0.39 is 12.3 Å². The van der Waals surface area contributed by atoms with Crippen LogP contribution in [0.2, 0.25) is 0 Å². The molecule has 0 radical (unpaired) electrons. The van der Waals surface area contributed by atoms with Gasteiger partial charge in [0.25, 0.3) is 6.29 Å². The van der Waals surface area contributed by atoms with Crippen molar-refractivity contribution in [3.05, 3.63) is 48.6 Å². The molecule has 1 atom stereocenters. The van der Waals surface area contributed by atoms with Crippen LogP contribution in [-0.4, -0.2) is 25.0 Å². The maximum atomic E-state index is 12.0. The van der Waals surface area contributed by atoms with Gasteiger partial charge in [-0.1, -0.05) is 6.92 Å². The molecule has 0 bridgehead atoms. The molecule has 2 aliphatic heterocycles. The molecule has 0 amide bonds. The standard InChI is InChI=1S/C21H18O8/c1-2-3-19(22)26-14-5-7-16-18(11-14)29-21(28-16)9-8-20(23)27-13-4-6-15-17(10-13)25-12-24-15/h4-11,21H,2-3,12H2,1H3/b9-8+/t21-/m1/s1. The fraction of sp³-hybridized carbons (Fsp3) is 0.238. The summed E-state index contributed by atoms with van der Waals surface area (Å²) in [5.74, 6) is 1.83. The van der Waals surface area contributed by atoms with Crippen LogP contribution in [0.3, 0.4) is 0 Å². The number of benzene rings is 2. The van der Waals surface area contributed by atoms with E-state index in [0.717, 1.165) is 0 Å². The van der Waals surface area contributed by atoms with E-state index in [-0.39, 0.29) is 12.8 Å². The van der Waals surface area contributed by atoms with Gasteiger partial charge in [-0.15, -0.1) is 0 Å². The van der Waals surface area contributed by atoms with Crippen LogP contribution in [0.1, 0.15) is 19.8 Å². The van der Waals surface area contributed by atoms with E-state index >= 15 is 0 Å². The zero-order chi connectivity index (χ0) is 20.2. The monoisotopic (exact) mass is 398 g/mol. The quantitative estimate of drug-likeness (QED) is 0.416. The highest BCUT2D eigenvalue weighted by molar-refractivity contribution is 5.84. The maximum Gasteiger partial charge on any atom is 0.336 e. The second kappa shape index (κ2) is 8.14. The Balaban J connectivity index is 1.33. The van der Waals surface area contributed by atoms with Crippen molar-refractivity contribution in [3.63, 3.8) is 0 Å². The van der Waals surface area contributed by atoms with E-state index in [1.54, 1.807) is 36.4 Å². The van der Waals surface area contributed by atoms with Gasteiger partial charge >= 0.3 is 11.9 Å². The molecule has 8 heteroatoms. The summed E-state index contributed by atoms with van der Waals surface area (Å²) < 4.78 is 32.1. The summed E-state index contributed by atoms with van der Waals surface area (Å²) in [5, 5.41) is 0. The topological polar surface area (TPSA) is 89.5 Å². The zero-order valence-electron chi connectivity index (χ0n) is 15.6. The van der Waals surface area contributed by atoms with Gasteiger partial charge in [0, 0.05) is 30.7 Å². The summed E-state index contributed by atoms with van der Waals surface area (Å²) in [5.41, 5.74) is 0. The Hall–Kier alpha value is -3.68. The number of carbonyl (C=O) groups excluding carboxylic acids is 2. The lowest BCUT2D eigenvalue weighted by molar-refractivity contribution is -0.134. The third-order valence-corrected chi connectivity index (χ3v) is 4.04. The second-order valence-corrected chi connectivity index (χ2v) is 6.23. The Labute approximate surface area is 166 Å². The fourth-order valence-electron chi connectivity index (χ4n) is 2.73. The molecule has 4 rings (SSSR count). The highest BCUT2D eigenvalue weighted by atomic mass is 16.7. The van der Waals surface area contributed by atoms with Crippen molar-refractivity contribution in [2.45, 2.75) is 26.1 Å². The van der Waals surface area contributed by atoms with Crippen LogP contribution < -0.4 is 28.4 Å². The largest absolute Gasteiger partial charge is 0.454 e. The van der Waals surface area contributed by atoms with E-state index in [1.807, 2.05) is 6.92 Å². The van der Waals surface area contributed by atoms with Crippen molar-refractivity contribution in [1.29, 1.82) is 0 Å². The lowest BCUT2D eigenvalue weighted by Crippen LogP contribution is -2.15. The van der Waals surface area contributed by atoms with Crippen molar-refractivity contribution in [2.75, 3.05) is 6.79 Å². The number of ether oxygens (including phenoxy) is 6. The molecule has 2 aromatic carbocycles. The molecule has 150 valence electrons. The van der Waals surface area contributed by atoms with Gasteiger partial charge in [-0.3, -0.25) is 4.79 Å². The SMILES string of the molecule is CCCC(=O)Oc1ccc2c(c1)O[C@H](/C=C/C(=O)Oc1ccc3c(c1)OCO3)O2. The van der Waals surface area contributed by atoms with Gasteiger partial charge in [0.15, 0.2) is 23.0 Å². The van der Waals surface area contributed by atoms with Crippen LogP contribution in [0.25, 0.3) is 0 Å². The van der Waals surface area contributed by atoms with Crippen molar-refractivity contribution in [1.82, 2.24) is 0 Å². The molecule has 0 aromatic heterocycles. The van der Waals surface area contributed by atoms with Crippen LogP contribution in [0.15, 0.2) is 48.6 Å². The summed E-state index contributed by atoms with van der Waals surface area (Å²) in [7, 11) is 0. The number of hydrogen-bond donors (Lipinski definition) is 0. The minimum Gasteiger partial charge on any atom is -0.454 e. The number of fused-ring (bicyclic) bond motifs is 2. The minimum absolute atomic E-state index is 0.142. The van der Waals surface area contributed by atoms with Crippen LogP contribution >= 0.6 is 0 Å². The predicted octanol–water partition coefficient (Wildman–Crippen LogP) is 3.38. The Morgan fingerprint density at radius 2 is 1.66 bits per heavy atom. The summed E-state index contributed by atoms with van der Waals surface area (Å²) in [6, 6.07) is 9.69. The van der Waals surface area contributed by atoms with Crippen LogP contribution in [0.4, 0.5) is 0 Å². The van der Waals surface area contributed by atoms with E-state index in [4.69, 9.17) is 28.4 Å². The summed E-state index contributed by atoms with van der Waals surface area (Å²) in [6.07, 6.45) is 2.89. The first-order chi connectivity index (χ1) is 14.1. The molecule has 0 N–H and O–H groups in total. The molecule has 2 heterocycles. The third-order valence-electron chi connectivity index (χ3n) is 4.04. The van der Waals surface area contributed by atoms with Crippen LogP contribution in [0, 0.1) is 0 Å². The van der Waals surface area contributed by atoms with Crippen molar-refractivity contribution in [3.8, 4) is 34.5 Å². The van der Waals surface area contributed by atoms with Gasteiger partial charge in [0.1, 0.15) is 11.5 Å². The van der Waals surface area contributed by atoms with E-state index in [1.165, 1.54) is 12.2 Å². The highest BCUT2D eigenvalue weighted by Gasteiger charge is 2.23.